The Labute approximate surface area is 90.8 Å². The summed E-state index contributed by atoms with van der Waals surface area (Å²) in [6.45, 7) is 8.42. The smallest absolute Gasteiger partial charge is 0.124 e. The van der Waals surface area contributed by atoms with Crippen LogP contribution >= 0.6 is 0 Å². The van der Waals surface area contributed by atoms with Gasteiger partial charge in [-0.1, -0.05) is 32.4 Å². The van der Waals surface area contributed by atoms with Crippen molar-refractivity contribution in [3.63, 3.8) is 0 Å². The third-order valence-corrected chi connectivity index (χ3v) is 2.38. The van der Waals surface area contributed by atoms with Gasteiger partial charge in [0.05, 0.1) is 6.61 Å². The minimum Gasteiger partial charge on any atom is -0.507 e. The first kappa shape index (κ1) is 12.0. The van der Waals surface area contributed by atoms with Crippen molar-refractivity contribution in [2.24, 2.45) is 5.90 Å². The highest BCUT2D eigenvalue weighted by Crippen LogP contribution is 2.34. The molecule has 1 aromatic rings. The van der Waals surface area contributed by atoms with Crippen LogP contribution in [0.2, 0.25) is 0 Å². The molecule has 0 aliphatic carbocycles. The average Bonchev–Trinajstić information content (AvgIpc) is 2.09. The van der Waals surface area contributed by atoms with Gasteiger partial charge in [0, 0.05) is 5.56 Å². The molecule has 0 spiro atoms. The summed E-state index contributed by atoms with van der Waals surface area (Å²) in [5, 5.41) is 10.0. The molecule has 0 saturated heterocycles. The van der Waals surface area contributed by atoms with Crippen molar-refractivity contribution >= 4 is 0 Å². The third kappa shape index (κ3) is 2.70. The number of phenolic OH excluding ortho intramolecular Hbond substituents is 1. The van der Waals surface area contributed by atoms with Gasteiger partial charge in [0.2, 0.25) is 0 Å². The standard InChI is InChI=1S/C12H19NO2/c1-8-5-9(7-15-13)11(14)10(6-8)12(2,3)4/h5-6,14H,7,13H2,1-4H3. The summed E-state index contributed by atoms with van der Waals surface area (Å²) < 4.78 is 0. The summed E-state index contributed by atoms with van der Waals surface area (Å²) >= 11 is 0. The Bertz CT molecular complexity index is 353. The first-order valence-corrected chi connectivity index (χ1v) is 5.01. The molecular formula is C12H19NO2. The number of aryl methyl sites for hydroxylation is 1. The zero-order valence-electron chi connectivity index (χ0n) is 9.79. The Morgan fingerprint density at radius 3 is 2.40 bits per heavy atom. The SMILES string of the molecule is Cc1cc(CON)c(O)c(C(C)(C)C)c1. The second kappa shape index (κ2) is 4.21. The maximum absolute atomic E-state index is 10.0. The maximum Gasteiger partial charge on any atom is 0.124 e. The lowest BCUT2D eigenvalue weighted by atomic mass is 9.84. The summed E-state index contributed by atoms with van der Waals surface area (Å²) in [5.41, 5.74) is 2.68. The van der Waals surface area contributed by atoms with E-state index in [-0.39, 0.29) is 12.0 Å². The number of hydrogen-bond acceptors (Lipinski definition) is 3. The number of benzene rings is 1. The summed E-state index contributed by atoms with van der Waals surface area (Å²) in [5.74, 6) is 5.32. The van der Waals surface area contributed by atoms with E-state index in [1.165, 1.54) is 0 Å². The Kier molecular flexibility index (Phi) is 3.37. The van der Waals surface area contributed by atoms with E-state index in [4.69, 9.17) is 5.90 Å². The number of phenols is 1. The van der Waals surface area contributed by atoms with Crippen molar-refractivity contribution in [2.75, 3.05) is 0 Å². The van der Waals surface area contributed by atoms with Gasteiger partial charge in [0.25, 0.3) is 0 Å². The summed E-state index contributed by atoms with van der Waals surface area (Å²) in [6, 6.07) is 3.88. The molecule has 0 atom stereocenters. The van der Waals surface area contributed by atoms with Crippen LogP contribution in [0.3, 0.4) is 0 Å². The lowest BCUT2D eigenvalue weighted by Crippen LogP contribution is -2.13. The quantitative estimate of drug-likeness (QED) is 0.735. The van der Waals surface area contributed by atoms with Crippen LogP contribution in [-0.4, -0.2) is 5.11 Å². The summed E-state index contributed by atoms with van der Waals surface area (Å²) in [6.07, 6.45) is 0. The average molecular weight is 209 g/mol. The topological polar surface area (TPSA) is 55.5 Å². The summed E-state index contributed by atoms with van der Waals surface area (Å²) in [4.78, 5) is 4.57. The van der Waals surface area contributed by atoms with Gasteiger partial charge in [-0.3, -0.25) is 4.84 Å². The first-order chi connectivity index (χ1) is 6.86. The van der Waals surface area contributed by atoms with Crippen LogP contribution in [0.15, 0.2) is 12.1 Å². The molecule has 3 N–H and O–H groups in total. The molecular weight excluding hydrogens is 190 g/mol. The normalized spacial score (nSPS) is 11.8. The Hall–Kier alpha value is -1.06. The second-order valence-electron chi connectivity index (χ2n) is 4.88. The highest BCUT2D eigenvalue weighted by molar-refractivity contribution is 5.46. The van der Waals surface area contributed by atoms with Crippen molar-refractivity contribution in [1.29, 1.82) is 0 Å². The number of hydrogen-bond donors (Lipinski definition) is 2. The lowest BCUT2D eigenvalue weighted by Gasteiger charge is -2.22. The van der Waals surface area contributed by atoms with E-state index < -0.39 is 0 Å². The fraction of sp³-hybridized carbons (Fsp3) is 0.500. The molecule has 0 aliphatic rings. The van der Waals surface area contributed by atoms with Crippen LogP contribution in [0.4, 0.5) is 0 Å². The molecule has 84 valence electrons. The van der Waals surface area contributed by atoms with Crippen LogP contribution in [-0.2, 0) is 16.9 Å². The fourth-order valence-corrected chi connectivity index (χ4v) is 1.63. The van der Waals surface area contributed by atoms with E-state index >= 15 is 0 Å². The van der Waals surface area contributed by atoms with E-state index in [2.05, 4.69) is 25.6 Å². The van der Waals surface area contributed by atoms with E-state index in [0.717, 1.165) is 16.7 Å². The van der Waals surface area contributed by atoms with Gasteiger partial charge in [-0.25, -0.2) is 5.90 Å². The van der Waals surface area contributed by atoms with Crippen molar-refractivity contribution in [2.45, 2.75) is 39.7 Å². The van der Waals surface area contributed by atoms with E-state index in [9.17, 15) is 5.11 Å². The van der Waals surface area contributed by atoms with Gasteiger partial charge in [-0.2, -0.15) is 0 Å². The van der Waals surface area contributed by atoms with Crippen molar-refractivity contribution in [1.82, 2.24) is 0 Å². The van der Waals surface area contributed by atoms with Gasteiger partial charge in [-0.15, -0.1) is 0 Å². The highest BCUT2D eigenvalue weighted by Gasteiger charge is 2.20. The summed E-state index contributed by atoms with van der Waals surface area (Å²) in [7, 11) is 0. The van der Waals surface area contributed by atoms with Gasteiger partial charge < -0.3 is 5.11 Å². The molecule has 3 heteroatoms. The molecule has 15 heavy (non-hydrogen) atoms. The van der Waals surface area contributed by atoms with Crippen molar-refractivity contribution in [3.05, 3.63) is 28.8 Å². The predicted octanol–water partition coefficient (Wildman–Crippen LogP) is 2.39. The molecule has 0 amide bonds. The zero-order valence-corrected chi connectivity index (χ0v) is 9.79. The Balaban J connectivity index is 3.28. The fourth-order valence-electron chi connectivity index (χ4n) is 1.63. The number of nitrogens with two attached hydrogens (primary N) is 1. The molecule has 0 fully saturated rings. The van der Waals surface area contributed by atoms with Crippen molar-refractivity contribution in [3.8, 4) is 5.75 Å². The molecule has 0 radical (unpaired) electrons. The van der Waals surface area contributed by atoms with Crippen molar-refractivity contribution < 1.29 is 9.94 Å². The first-order valence-electron chi connectivity index (χ1n) is 5.01. The van der Waals surface area contributed by atoms with Crippen LogP contribution in [0.25, 0.3) is 0 Å². The van der Waals surface area contributed by atoms with E-state index in [1.807, 2.05) is 19.1 Å². The maximum atomic E-state index is 10.0. The Morgan fingerprint density at radius 1 is 1.33 bits per heavy atom. The zero-order chi connectivity index (χ0) is 11.6. The molecule has 0 unspecified atom stereocenters. The number of rotatable bonds is 2. The minimum absolute atomic E-state index is 0.0839. The van der Waals surface area contributed by atoms with Crippen LogP contribution in [0.1, 0.15) is 37.5 Å². The molecule has 1 aromatic carbocycles. The molecule has 3 nitrogen and oxygen atoms in total. The van der Waals surface area contributed by atoms with Crippen LogP contribution < -0.4 is 5.90 Å². The second-order valence-corrected chi connectivity index (χ2v) is 4.88. The monoisotopic (exact) mass is 209 g/mol. The van der Waals surface area contributed by atoms with Crippen LogP contribution in [0.5, 0.6) is 5.75 Å². The van der Waals surface area contributed by atoms with E-state index in [1.54, 1.807) is 0 Å². The van der Waals surface area contributed by atoms with Gasteiger partial charge in [0.15, 0.2) is 0 Å². The predicted molar refractivity (Wildman–Crippen MR) is 60.5 cm³/mol. The third-order valence-electron chi connectivity index (χ3n) is 2.38. The van der Waals surface area contributed by atoms with Gasteiger partial charge in [0.1, 0.15) is 5.75 Å². The molecule has 1 rings (SSSR count). The number of aromatic hydroxyl groups is 1. The lowest BCUT2D eigenvalue weighted by molar-refractivity contribution is 0.122. The largest absolute Gasteiger partial charge is 0.507 e. The highest BCUT2D eigenvalue weighted by atomic mass is 16.6. The van der Waals surface area contributed by atoms with Gasteiger partial charge >= 0.3 is 0 Å². The van der Waals surface area contributed by atoms with Gasteiger partial charge in [-0.05, 0) is 24.0 Å². The molecule has 0 bridgehead atoms. The molecule has 0 saturated carbocycles. The minimum atomic E-state index is -0.0839. The molecule has 0 aliphatic heterocycles. The Morgan fingerprint density at radius 2 is 1.93 bits per heavy atom. The molecule has 0 heterocycles. The van der Waals surface area contributed by atoms with Crippen LogP contribution in [0, 0.1) is 6.92 Å². The van der Waals surface area contributed by atoms with E-state index in [0.29, 0.717) is 5.75 Å². The molecule has 0 aromatic heterocycles.